The van der Waals surface area contributed by atoms with Crippen molar-refractivity contribution in [3.63, 3.8) is 0 Å². The third-order valence-corrected chi connectivity index (χ3v) is 20.2. The van der Waals surface area contributed by atoms with Gasteiger partial charge in [-0.2, -0.15) is 0 Å². The van der Waals surface area contributed by atoms with Gasteiger partial charge in [0.25, 0.3) is 0 Å². The Bertz CT molecular complexity index is 2890. The number of benzene rings is 6. The molecule has 0 fully saturated rings. The number of phenolic OH excluding ortho intramolecular Hbond substituents is 6. The van der Waals surface area contributed by atoms with Gasteiger partial charge < -0.3 is 30.6 Å². The fourth-order valence-corrected chi connectivity index (χ4v) is 17.9. The van der Waals surface area contributed by atoms with Gasteiger partial charge in [0.2, 0.25) is 0 Å². The average Bonchev–Trinajstić information content (AvgIpc) is 0.863. The van der Waals surface area contributed by atoms with Gasteiger partial charge in [-0.1, -0.05) is 279 Å². The van der Waals surface area contributed by atoms with E-state index in [1.165, 1.54) is 68.7 Å². The third kappa shape index (κ3) is 29.3. The van der Waals surface area contributed by atoms with Crippen LogP contribution >= 0.6 is 35.3 Å². The van der Waals surface area contributed by atoms with Gasteiger partial charge in [-0.05, 0) is 210 Å². The molecule has 0 heterocycles. The molecule has 0 aromatic heterocycles. The van der Waals surface area contributed by atoms with Crippen molar-refractivity contribution in [1.29, 1.82) is 0 Å². The molecular weight excluding hydrogens is 1340 g/mol. The van der Waals surface area contributed by atoms with Gasteiger partial charge in [-0.15, -0.1) is 0 Å². The van der Waals surface area contributed by atoms with Crippen LogP contribution in [0.5, 0.6) is 34.5 Å². The molecule has 3 radical (unpaired) electrons. The van der Waals surface area contributed by atoms with Crippen molar-refractivity contribution in [2.75, 3.05) is 0 Å². The third-order valence-electron chi connectivity index (χ3n) is 16.9. The van der Waals surface area contributed by atoms with Crippen LogP contribution in [0, 0.1) is 32.5 Å². The molecule has 6 aromatic carbocycles. The summed E-state index contributed by atoms with van der Waals surface area (Å²) in [4.78, 5) is 4.67. The monoisotopic (exact) mass is 1470 g/mol. The summed E-state index contributed by atoms with van der Waals surface area (Å²) in [6.07, 6.45) is 6.23. The summed E-state index contributed by atoms with van der Waals surface area (Å²) in [6, 6.07) is 35.3. The minimum Gasteiger partial charge on any atom is -0.507 e. The zero-order valence-electron chi connectivity index (χ0n) is 65.2. The van der Waals surface area contributed by atoms with Crippen LogP contribution in [-0.2, 0) is 66.0 Å². The quantitative estimate of drug-likeness (QED) is 0.0467. The first-order chi connectivity index (χ1) is 41.7. The molecule has 0 aliphatic rings. The van der Waals surface area contributed by atoms with E-state index >= 15 is 0 Å². The predicted molar refractivity (Wildman–Crippen MR) is 409 cm³/mol. The minimum absolute atomic E-state index is 0. The fraction of sp³-hybridized carbons (Fsp3) is 0.571. The van der Waals surface area contributed by atoms with Crippen molar-refractivity contribution in [2.24, 2.45) is 32.5 Å². The van der Waals surface area contributed by atoms with Gasteiger partial charge in [-0.3, -0.25) is 0 Å². The van der Waals surface area contributed by atoms with Gasteiger partial charge >= 0.3 is 0 Å². The Morgan fingerprint density at radius 2 is 0.312 bits per heavy atom. The molecule has 0 aliphatic carbocycles. The normalized spacial score (nSPS) is 13.1. The number of hydrogen-bond acceptors (Lipinski definition) is 9. The van der Waals surface area contributed by atoms with Gasteiger partial charge in [0.05, 0.1) is 29.4 Å². The second-order valence-electron chi connectivity index (χ2n) is 38.1. The van der Waals surface area contributed by atoms with Crippen molar-refractivity contribution in [3.05, 3.63) is 143 Å². The molecule has 96 heavy (non-hydrogen) atoms. The van der Waals surface area contributed by atoms with E-state index < -0.39 is 0 Å². The van der Waals surface area contributed by atoms with Crippen LogP contribution in [0.1, 0.15) is 280 Å². The van der Waals surface area contributed by atoms with Gasteiger partial charge in [-0.25, -0.2) is 0 Å². The predicted octanol–water partition coefficient (Wildman–Crippen LogP) is 25.6. The van der Waals surface area contributed by atoms with E-state index in [4.69, 9.17) is 0 Å². The molecule has 0 amide bonds. The van der Waals surface area contributed by atoms with E-state index in [1.807, 2.05) is 36.4 Å². The molecule has 0 bridgehead atoms. The summed E-state index contributed by atoms with van der Waals surface area (Å²) in [5.74, 6) is 1.49. The largest absolute Gasteiger partial charge is 0.507 e. The fourth-order valence-electron chi connectivity index (χ4n) is 15.0. The summed E-state index contributed by atoms with van der Waals surface area (Å²) in [7, 11) is 0. The maximum Gasteiger partial charge on any atom is 0.129 e. The molecule has 12 heteroatoms. The molecule has 0 spiro atoms. The molecule has 6 nitrogen and oxygen atoms in total. The Morgan fingerprint density at radius 3 is 0.406 bits per heavy atom. The molecule has 0 unspecified atom stereocenters. The Hall–Kier alpha value is -2.82. The first-order valence-corrected chi connectivity index (χ1v) is 36.2. The molecule has 0 saturated carbocycles. The van der Waals surface area contributed by atoms with Crippen LogP contribution in [0.15, 0.2) is 139 Å². The summed E-state index contributed by atoms with van der Waals surface area (Å²) >= 11 is 4.31. The first kappa shape index (κ1) is 91.2. The number of rotatable bonds is 18. The second-order valence-corrected chi connectivity index (χ2v) is 41.4. The summed E-state index contributed by atoms with van der Waals surface area (Å²) in [6.45, 7) is 67.7. The standard InChI is InChI=1S/3C28H42O2S.2Co.Na/c3*1-25(2,3)17-27(7,8)19-11-13-21(29)23(15-19)31-24-16-20(12-14-22(24)30)28(9,10)18-26(4,5)6;;;/h3*11-16,29-30H,17-18H2,1-10H3;;;. The van der Waals surface area contributed by atoms with E-state index in [-0.39, 0.29) is 163 Å². The summed E-state index contributed by atoms with van der Waals surface area (Å²) in [5.41, 5.74) is 8.37. The van der Waals surface area contributed by atoms with Crippen LogP contribution in [-0.4, -0.2) is 60.2 Å². The smallest absolute Gasteiger partial charge is 0.129 e. The van der Waals surface area contributed by atoms with Crippen molar-refractivity contribution in [1.82, 2.24) is 0 Å². The topological polar surface area (TPSA) is 121 Å². The van der Waals surface area contributed by atoms with Crippen LogP contribution in [0.4, 0.5) is 0 Å². The Morgan fingerprint density at radius 1 is 0.208 bits per heavy atom. The second kappa shape index (κ2) is 34.0. The van der Waals surface area contributed by atoms with E-state index in [9.17, 15) is 30.6 Å². The molecule has 0 saturated heterocycles. The first-order valence-electron chi connectivity index (χ1n) is 33.7. The number of phenols is 6. The van der Waals surface area contributed by atoms with Gasteiger partial charge in [0.1, 0.15) is 34.5 Å². The van der Waals surface area contributed by atoms with Crippen molar-refractivity contribution in [3.8, 4) is 34.5 Å². The molecule has 6 rings (SSSR count). The maximum atomic E-state index is 10.6. The minimum atomic E-state index is -0.0140. The van der Waals surface area contributed by atoms with Crippen molar-refractivity contribution >= 4 is 64.8 Å². The Kier molecular flexibility index (Phi) is 32.3. The van der Waals surface area contributed by atoms with E-state index in [2.05, 4.69) is 244 Å². The van der Waals surface area contributed by atoms with E-state index in [0.29, 0.717) is 0 Å². The van der Waals surface area contributed by atoms with Crippen molar-refractivity contribution in [2.45, 2.75) is 308 Å². The van der Waals surface area contributed by atoms with E-state index in [1.54, 1.807) is 36.4 Å². The van der Waals surface area contributed by atoms with Crippen LogP contribution in [0.25, 0.3) is 0 Å². The van der Waals surface area contributed by atoms with E-state index in [0.717, 1.165) is 67.9 Å². The Balaban J connectivity index is 0.000000709. The zero-order valence-corrected chi connectivity index (χ0v) is 71.7. The van der Waals surface area contributed by atoms with Gasteiger partial charge in [0.15, 0.2) is 0 Å². The van der Waals surface area contributed by atoms with Crippen LogP contribution in [0.2, 0.25) is 0 Å². The molecular formula is C84H126Co2NaO6S3. The van der Waals surface area contributed by atoms with Crippen LogP contribution in [0.3, 0.4) is 0 Å². The average molecular weight is 1470 g/mol. The zero-order chi connectivity index (χ0) is 71.5. The SMILES string of the molecule is CC(C)(C)CC(C)(C)c1ccc(O)c(Sc2cc(C(C)(C)CC(C)(C)C)ccc2O)c1.CC(C)(C)CC(C)(C)c1ccc(O)c(Sc2cc(C(C)(C)CC(C)(C)C)ccc2O)c1.CC(C)(C)CC(C)(C)c1ccc(O)c(Sc2cc(C(C)(C)CC(C)(C)C)ccc2O)c1.[Co].[Co].[Na]. The van der Waals surface area contributed by atoms with Crippen molar-refractivity contribution < 1.29 is 64.2 Å². The number of hydrogen-bond donors (Lipinski definition) is 6. The maximum absolute atomic E-state index is 10.6. The molecule has 6 aromatic rings. The van der Waals surface area contributed by atoms with Crippen LogP contribution < -0.4 is 0 Å². The molecule has 0 aliphatic heterocycles. The molecule has 535 valence electrons. The molecule has 0 atom stereocenters. The summed E-state index contributed by atoms with van der Waals surface area (Å²) < 4.78 is 0. The van der Waals surface area contributed by atoms with Gasteiger partial charge in [0, 0.05) is 63.1 Å². The Labute approximate surface area is 640 Å². The summed E-state index contributed by atoms with van der Waals surface area (Å²) in [5, 5.41) is 63.4. The number of aromatic hydroxyl groups is 6. The molecule has 6 N–H and O–H groups in total.